The zero-order valence-corrected chi connectivity index (χ0v) is 3.50. The molecule has 0 aliphatic heterocycles. The first-order valence-corrected chi connectivity index (χ1v) is 1.02. The average Bonchev–Trinajstić information content (AvgIpc) is 0.918. The SMILES string of the molecule is CCO.[SH-]. The Kier molecular flexibility index (Phi) is 22.8. The van der Waals surface area contributed by atoms with Gasteiger partial charge in [-0.05, 0) is 6.92 Å². The Balaban J connectivity index is 0. The van der Waals surface area contributed by atoms with Crippen molar-refractivity contribution in [3.8, 4) is 0 Å². The fourth-order valence-corrected chi connectivity index (χ4v) is 0. The summed E-state index contributed by atoms with van der Waals surface area (Å²) in [4.78, 5) is 0. The molecule has 0 atom stereocenters. The second kappa shape index (κ2) is 10.3. The lowest BCUT2D eigenvalue weighted by Gasteiger charge is -1.52. The molecule has 0 aliphatic rings. The molecule has 0 heterocycles. The molecule has 0 saturated carbocycles. The minimum atomic E-state index is 0. The maximum absolute atomic E-state index is 7.57. The van der Waals surface area contributed by atoms with Crippen LogP contribution < -0.4 is 0 Å². The van der Waals surface area contributed by atoms with Crippen LogP contribution in [0.1, 0.15) is 6.92 Å². The van der Waals surface area contributed by atoms with E-state index < -0.39 is 0 Å². The van der Waals surface area contributed by atoms with Gasteiger partial charge in [0, 0.05) is 6.61 Å². The Labute approximate surface area is 33.1 Å². The summed E-state index contributed by atoms with van der Waals surface area (Å²) < 4.78 is 0. The van der Waals surface area contributed by atoms with Crippen LogP contribution in [-0.4, -0.2) is 11.7 Å². The van der Waals surface area contributed by atoms with Gasteiger partial charge in [-0.1, -0.05) is 0 Å². The summed E-state index contributed by atoms with van der Waals surface area (Å²) in [5, 5.41) is 7.57. The van der Waals surface area contributed by atoms with Crippen molar-refractivity contribution in [1.82, 2.24) is 0 Å². The van der Waals surface area contributed by atoms with Crippen LogP contribution in [-0.2, 0) is 13.5 Å². The summed E-state index contributed by atoms with van der Waals surface area (Å²) in [6.07, 6.45) is 0. The third-order valence-corrected chi connectivity index (χ3v) is 0. The van der Waals surface area contributed by atoms with Crippen molar-refractivity contribution in [2.75, 3.05) is 6.61 Å². The fraction of sp³-hybridized carbons (Fsp3) is 1.00. The smallest absolute Gasteiger partial charge is 0.0402 e. The van der Waals surface area contributed by atoms with Crippen LogP contribution >= 0.6 is 0 Å². The number of aliphatic hydroxyl groups excluding tert-OH is 1. The van der Waals surface area contributed by atoms with Crippen LogP contribution in [0.15, 0.2) is 0 Å². The lowest BCUT2D eigenvalue weighted by atomic mass is 10.9. The largest absolute Gasteiger partial charge is 0.813 e. The van der Waals surface area contributed by atoms with E-state index in [4.69, 9.17) is 5.11 Å². The molecule has 0 rings (SSSR count). The number of hydrogen-bond acceptors (Lipinski definition) is 2. The van der Waals surface area contributed by atoms with Crippen LogP contribution in [0.5, 0.6) is 0 Å². The third kappa shape index (κ3) is 41.3. The van der Waals surface area contributed by atoms with E-state index in [-0.39, 0.29) is 20.1 Å². The molecule has 0 bridgehead atoms. The number of rotatable bonds is 0. The van der Waals surface area contributed by atoms with E-state index in [2.05, 4.69) is 0 Å². The van der Waals surface area contributed by atoms with Gasteiger partial charge < -0.3 is 18.6 Å². The average molecular weight is 79.1 g/mol. The fourth-order valence-electron chi connectivity index (χ4n) is 0. The molecule has 0 aromatic carbocycles. The van der Waals surface area contributed by atoms with E-state index >= 15 is 0 Å². The highest BCUT2D eigenvalue weighted by molar-refractivity contribution is 7.37. The normalized spacial score (nSPS) is 4.50. The number of aliphatic hydroxyl groups is 1. The van der Waals surface area contributed by atoms with E-state index in [1.807, 2.05) is 0 Å². The molecule has 4 heavy (non-hydrogen) atoms. The zero-order valence-electron chi connectivity index (χ0n) is 2.60. The van der Waals surface area contributed by atoms with E-state index in [0.29, 0.717) is 0 Å². The highest BCUT2D eigenvalue weighted by atomic mass is 32.1. The molecular formula is C2H7OS-. The molecule has 0 aliphatic carbocycles. The Hall–Kier alpha value is 0.310. The molecule has 0 saturated heterocycles. The highest BCUT2D eigenvalue weighted by Crippen LogP contribution is 1.30. The summed E-state index contributed by atoms with van der Waals surface area (Å²) in [5.74, 6) is 0. The Morgan fingerprint density at radius 2 is 1.75 bits per heavy atom. The summed E-state index contributed by atoms with van der Waals surface area (Å²) in [7, 11) is 0. The topological polar surface area (TPSA) is 20.2 Å². The van der Waals surface area contributed by atoms with Crippen molar-refractivity contribution < 1.29 is 5.11 Å². The van der Waals surface area contributed by atoms with Gasteiger partial charge in [-0.3, -0.25) is 0 Å². The standard InChI is InChI=1S/C2H6O.H2S/c1-2-3;/h3H,2H2,1H3;1H2/p-1. The lowest BCUT2D eigenvalue weighted by molar-refractivity contribution is 0.318. The van der Waals surface area contributed by atoms with Crippen LogP contribution in [0.4, 0.5) is 0 Å². The summed E-state index contributed by atoms with van der Waals surface area (Å²) >= 11 is 0. The van der Waals surface area contributed by atoms with Crippen molar-refractivity contribution in [3.05, 3.63) is 0 Å². The molecule has 1 nitrogen and oxygen atoms in total. The molecular weight excluding hydrogens is 72.1 g/mol. The van der Waals surface area contributed by atoms with Gasteiger partial charge in [0.05, 0.1) is 0 Å². The monoisotopic (exact) mass is 79.0 g/mol. The minimum Gasteiger partial charge on any atom is -0.813 e. The van der Waals surface area contributed by atoms with Gasteiger partial charge in [0.15, 0.2) is 0 Å². The highest BCUT2D eigenvalue weighted by Gasteiger charge is 1.34. The lowest BCUT2D eigenvalue weighted by Crippen LogP contribution is -1.57. The Morgan fingerprint density at radius 3 is 1.75 bits per heavy atom. The summed E-state index contributed by atoms with van der Waals surface area (Å²) in [6.45, 7) is 1.93. The first kappa shape index (κ1) is 8.85. The van der Waals surface area contributed by atoms with Crippen molar-refractivity contribution >= 4 is 13.5 Å². The molecule has 0 aromatic rings. The van der Waals surface area contributed by atoms with E-state index in [0.717, 1.165) is 0 Å². The predicted octanol–water partition coefficient (Wildman–Crippen LogP) is -0.272. The number of hydrogen-bond donors (Lipinski definition) is 1. The van der Waals surface area contributed by atoms with E-state index in [1.54, 1.807) is 6.92 Å². The quantitative estimate of drug-likeness (QED) is 0.318. The Morgan fingerprint density at radius 1 is 1.75 bits per heavy atom. The first-order valence-electron chi connectivity index (χ1n) is 1.02. The van der Waals surface area contributed by atoms with Gasteiger partial charge in [-0.2, -0.15) is 0 Å². The van der Waals surface area contributed by atoms with Gasteiger partial charge >= 0.3 is 0 Å². The maximum Gasteiger partial charge on any atom is 0.0402 e. The van der Waals surface area contributed by atoms with Gasteiger partial charge in [0.1, 0.15) is 0 Å². The molecule has 28 valence electrons. The third-order valence-electron chi connectivity index (χ3n) is 0. The predicted molar refractivity (Wildman–Crippen MR) is 21.5 cm³/mol. The Bertz CT molecular complexity index is 6.00. The van der Waals surface area contributed by atoms with Crippen molar-refractivity contribution in [3.63, 3.8) is 0 Å². The summed E-state index contributed by atoms with van der Waals surface area (Å²) in [6, 6.07) is 0. The second-order valence-corrected chi connectivity index (χ2v) is 0.316. The van der Waals surface area contributed by atoms with Crippen molar-refractivity contribution in [2.45, 2.75) is 6.92 Å². The van der Waals surface area contributed by atoms with Crippen LogP contribution in [0.3, 0.4) is 0 Å². The van der Waals surface area contributed by atoms with Gasteiger partial charge in [-0.15, -0.1) is 0 Å². The molecule has 0 aromatic heterocycles. The van der Waals surface area contributed by atoms with Crippen LogP contribution in [0, 0.1) is 0 Å². The minimum absolute atomic E-state index is 0. The molecule has 0 amide bonds. The van der Waals surface area contributed by atoms with E-state index in [9.17, 15) is 0 Å². The number of thiol groups is 1. The van der Waals surface area contributed by atoms with Gasteiger partial charge in [-0.25, -0.2) is 0 Å². The van der Waals surface area contributed by atoms with Gasteiger partial charge in [0.25, 0.3) is 0 Å². The van der Waals surface area contributed by atoms with E-state index in [1.165, 1.54) is 0 Å². The molecule has 0 unspecified atom stereocenters. The van der Waals surface area contributed by atoms with Crippen molar-refractivity contribution in [2.24, 2.45) is 0 Å². The zero-order chi connectivity index (χ0) is 2.71. The van der Waals surface area contributed by atoms with Crippen molar-refractivity contribution in [1.29, 1.82) is 0 Å². The molecule has 1 N–H and O–H groups in total. The summed E-state index contributed by atoms with van der Waals surface area (Å²) in [5.41, 5.74) is 0. The molecule has 0 spiro atoms. The van der Waals surface area contributed by atoms with Crippen LogP contribution in [0.25, 0.3) is 0 Å². The molecule has 0 radical (unpaired) electrons. The molecule has 2 heteroatoms. The molecule has 0 fully saturated rings. The van der Waals surface area contributed by atoms with Crippen LogP contribution in [0.2, 0.25) is 0 Å². The van der Waals surface area contributed by atoms with Gasteiger partial charge in [0.2, 0.25) is 0 Å². The maximum atomic E-state index is 7.57. The first-order chi connectivity index (χ1) is 1.41. The second-order valence-electron chi connectivity index (χ2n) is 0.316.